The Bertz CT molecular complexity index is 870. The van der Waals surface area contributed by atoms with E-state index in [4.69, 9.17) is 10.3 Å². The van der Waals surface area contributed by atoms with Gasteiger partial charge in [0.05, 0.1) is 6.20 Å². The number of nitrogens with zero attached hydrogens (tertiary/aromatic N) is 5. The van der Waals surface area contributed by atoms with Crippen molar-refractivity contribution in [1.82, 2.24) is 25.0 Å². The summed E-state index contributed by atoms with van der Waals surface area (Å²) in [5.74, 6) is 1.26. The maximum absolute atomic E-state index is 12.4. The van der Waals surface area contributed by atoms with Gasteiger partial charge in [-0.15, -0.1) is 0 Å². The highest BCUT2D eigenvalue weighted by molar-refractivity contribution is 7.17. The number of aromatic nitrogens is 4. The second-order valence-corrected chi connectivity index (χ2v) is 6.86. The van der Waals surface area contributed by atoms with Gasteiger partial charge in [0.2, 0.25) is 0 Å². The molecule has 0 aromatic carbocycles. The van der Waals surface area contributed by atoms with Gasteiger partial charge in [-0.2, -0.15) is 4.98 Å². The molecular formula is C16H16N6O2S. The van der Waals surface area contributed by atoms with Gasteiger partial charge in [0.1, 0.15) is 10.6 Å². The molecule has 0 saturated carbocycles. The molecule has 0 aliphatic carbocycles. The summed E-state index contributed by atoms with van der Waals surface area (Å²) < 4.78 is 5.33. The van der Waals surface area contributed by atoms with Crippen molar-refractivity contribution in [3.8, 4) is 11.6 Å². The largest absolute Gasteiger partial charge is 0.375 e. The molecule has 25 heavy (non-hydrogen) atoms. The maximum Gasteiger partial charge on any atom is 0.276 e. The van der Waals surface area contributed by atoms with Crippen LogP contribution in [0.4, 0.5) is 5.13 Å². The van der Waals surface area contributed by atoms with E-state index in [2.05, 4.69) is 20.1 Å². The number of hydrogen-bond acceptors (Lipinski definition) is 8. The fourth-order valence-corrected chi connectivity index (χ4v) is 3.53. The number of carbonyl (C=O) groups is 1. The van der Waals surface area contributed by atoms with E-state index >= 15 is 0 Å². The van der Waals surface area contributed by atoms with Crippen molar-refractivity contribution in [1.29, 1.82) is 0 Å². The number of hydrogen-bond donors (Lipinski definition) is 1. The number of anilines is 1. The molecular weight excluding hydrogens is 340 g/mol. The van der Waals surface area contributed by atoms with E-state index < -0.39 is 0 Å². The lowest BCUT2D eigenvalue weighted by Gasteiger charge is -2.30. The summed E-state index contributed by atoms with van der Waals surface area (Å²) in [6.45, 7) is 1.30. The highest BCUT2D eigenvalue weighted by Gasteiger charge is 2.28. The van der Waals surface area contributed by atoms with Gasteiger partial charge in [0.25, 0.3) is 11.8 Å². The number of carbonyl (C=O) groups excluding carboxylic acids is 1. The third kappa shape index (κ3) is 3.22. The zero-order valence-electron chi connectivity index (χ0n) is 13.3. The maximum atomic E-state index is 12.4. The Morgan fingerprint density at radius 2 is 2.12 bits per heavy atom. The number of rotatable bonds is 3. The number of piperidine rings is 1. The van der Waals surface area contributed by atoms with Crippen LogP contribution in [-0.2, 0) is 0 Å². The Hall–Kier alpha value is -2.81. The monoisotopic (exact) mass is 356 g/mol. The summed E-state index contributed by atoms with van der Waals surface area (Å²) in [7, 11) is 0. The van der Waals surface area contributed by atoms with Crippen LogP contribution in [0.15, 0.2) is 35.1 Å². The lowest BCUT2D eigenvalue weighted by molar-refractivity contribution is 0.0715. The van der Waals surface area contributed by atoms with E-state index in [0.717, 1.165) is 12.8 Å². The molecule has 2 N–H and O–H groups in total. The van der Waals surface area contributed by atoms with Crippen molar-refractivity contribution < 1.29 is 9.32 Å². The lowest BCUT2D eigenvalue weighted by atomic mass is 9.96. The molecule has 9 heteroatoms. The van der Waals surface area contributed by atoms with E-state index in [1.54, 1.807) is 6.20 Å². The van der Waals surface area contributed by atoms with Crippen LogP contribution in [0.3, 0.4) is 0 Å². The highest BCUT2D eigenvalue weighted by Crippen LogP contribution is 2.29. The normalized spacial score (nSPS) is 15.4. The van der Waals surface area contributed by atoms with Crippen LogP contribution in [-0.4, -0.2) is 44.0 Å². The van der Waals surface area contributed by atoms with Crippen LogP contribution in [0.25, 0.3) is 11.6 Å². The predicted molar refractivity (Wildman–Crippen MR) is 91.9 cm³/mol. The number of likely N-dealkylation sites (tertiary alicyclic amines) is 1. The molecule has 128 valence electrons. The summed E-state index contributed by atoms with van der Waals surface area (Å²) in [6.07, 6.45) is 4.81. The van der Waals surface area contributed by atoms with Gasteiger partial charge in [-0.1, -0.05) is 22.6 Å². The van der Waals surface area contributed by atoms with Crippen molar-refractivity contribution in [3.05, 3.63) is 41.3 Å². The molecule has 1 aliphatic rings. The van der Waals surface area contributed by atoms with Crippen molar-refractivity contribution in [2.24, 2.45) is 0 Å². The number of pyridine rings is 1. The molecule has 0 atom stereocenters. The van der Waals surface area contributed by atoms with Crippen LogP contribution in [0.5, 0.6) is 0 Å². The summed E-state index contributed by atoms with van der Waals surface area (Å²) in [5, 5.41) is 4.50. The standard InChI is InChI=1S/C16H16N6O2S/c17-16-19-9-12(25-16)15(23)22-7-4-10(5-8-22)13-20-14(24-21-13)11-3-1-2-6-18-11/h1-3,6,9-10H,4-5,7-8H2,(H2,17,19). The van der Waals surface area contributed by atoms with Crippen molar-refractivity contribution in [3.63, 3.8) is 0 Å². The molecule has 0 bridgehead atoms. The molecule has 0 unspecified atom stereocenters. The van der Waals surface area contributed by atoms with Crippen molar-refractivity contribution in [2.45, 2.75) is 18.8 Å². The van der Waals surface area contributed by atoms with Gasteiger partial charge in [-0.25, -0.2) is 4.98 Å². The molecule has 0 spiro atoms. The van der Waals surface area contributed by atoms with Gasteiger partial charge in [-0.05, 0) is 25.0 Å². The average Bonchev–Trinajstić information content (AvgIpc) is 3.31. The SMILES string of the molecule is Nc1ncc(C(=O)N2CCC(c3noc(-c4ccccn4)n3)CC2)s1. The summed E-state index contributed by atoms with van der Waals surface area (Å²) in [5.41, 5.74) is 6.26. The first-order valence-corrected chi connectivity index (χ1v) is 8.78. The third-order valence-electron chi connectivity index (χ3n) is 4.21. The minimum absolute atomic E-state index is 0.0186. The molecule has 1 fully saturated rings. The first kappa shape index (κ1) is 15.7. The number of amides is 1. The smallest absolute Gasteiger partial charge is 0.276 e. The quantitative estimate of drug-likeness (QED) is 0.765. The van der Waals surface area contributed by atoms with E-state index in [9.17, 15) is 4.79 Å². The zero-order valence-corrected chi connectivity index (χ0v) is 14.1. The minimum Gasteiger partial charge on any atom is -0.375 e. The topological polar surface area (TPSA) is 111 Å². The second kappa shape index (κ2) is 6.60. The number of nitrogen functional groups attached to an aromatic ring is 1. The average molecular weight is 356 g/mol. The molecule has 4 heterocycles. The molecule has 3 aromatic rings. The van der Waals surface area contributed by atoms with E-state index in [1.165, 1.54) is 17.5 Å². The Balaban J connectivity index is 1.41. The summed E-state index contributed by atoms with van der Waals surface area (Å²) >= 11 is 1.22. The molecule has 8 nitrogen and oxygen atoms in total. The molecule has 1 amide bonds. The first-order chi connectivity index (χ1) is 12.2. The Labute approximate surface area is 147 Å². The molecule has 4 rings (SSSR count). The molecule has 3 aromatic heterocycles. The van der Waals surface area contributed by atoms with Gasteiger partial charge < -0.3 is 15.2 Å². The Morgan fingerprint density at radius 3 is 2.80 bits per heavy atom. The van der Waals surface area contributed by atoms with Gasteiger partial charge in [0.15, 0.2) is 11.0 Å². The second-order valence-electron chi connectivity index (χ2n) is 5.80. The van der Waals surface area contributed by atoms with Crippen molar-refractivity contribution in [2.75, 3.05) is 18.8 Å². The van der Waals surface area contributed by atoms with Gasteiger partial charge in [-0.3, -0.25) is 9.78 Å². The van der Waals surface area contributed by atoms with E-state index in [1.807, 2.05) is 23.1 Å². The van der Waals surface area contributed by atoms with Gasteiger partial charge in [0, 0.05) is 25.2 Å². The number of thiazole rings is 1. The Morgan fingerprint density at radius 1 is 1.28 bits per heavy atom. The number of nitrogens with two attached hydrogens (primary N) is 1. The predicted octanol–water partition coefficient (Wildman–Crippen LogP) is 2.19. The third-order valence-corrected chi connectivity index (χ3v) is 5.02. The molecule has 0 radical (unpaired) electrons. The van der Waals surface area contributed by atoms with Gasteiger partial charge >= 0.3 is 0 Å². The molecule has 1 saturated heterocycles. The summed E-state index contributed by atoms with van der Waals surface area (Å²) in [4.78, 5) is 27.4. The van der Waals surface area contributed by atoms with E-state index in [-0.39, 0.29) is 11.8 Å². The van der Waals surface area contributed by atoms with Crippen LogP contribution < -0.4 is 5.73 Å². The zero-order chi connectivity index (χ0) is 17.2. The van der Waals surface area contributed by atoms with Crippen LogP contribution in [0, 0.1) is 0 Å². The first-order valence-electron chi connectivity index (χ1n) is 7.96. The fourth-order valence-electron chi connectivity index (χ4n) is 2.88. The van der Waals surface area contributed by atoms with Crippen LogP contribution >= 0.6 is 11.3 Å². The fraction of sp³-hybridized carbons (Fsp3) is 0.312. The van der Waals surface area contributed by atoms with Crippen LogP contribution in [0.2, 0.25) is 0 Å². The molecule has 1 aliphatic heterocycles. The Kier molecular flexibility index (Phi) is 4.14. The van der Waals surface area contributed by atoms with Crippen LogP contribution in [0.1, 0.15) is 34.3 Å². The van der Waals surface area contributed by atoms with Crippen molar-refractivity contribution >= 4 is 22.4 Å². The minimum atomic E-state index is -0.0186. The lowest BCUT2D eigenvalue weighted by Crippen LogP contribution is -2.37. The summed E-state index contributed by atoms with van der Waals surface area (Å²) in [6, 6.07) is 5.55. The van der Waals surface area contributed by atoms with E-state index in [0.29, 0.717) is 40.5 Å². The highest BCUT2D eigenvalue weighted by atomic mass is 32.1.